The van der Waals surface area contributed by atoms with Gasteiger partial charge < -0.3 is 4.40 Å². The smallest absolute Gasteiger partial charge is 0.0619 e. The Hall–Kier alpha value is -1.54. The van der Waals surface area contributed by atoms with Crippen molar-refractivity contribution < 1.29 is 0 Å². The molecule has 2 heteroatoms. The molecule has 4 rings (SSSR count). The molecule has 4 aromatic rings. The molecule has 0 spiro atoms. The van der Waals surface area contributed by atoms with E-state index in [9.17, 15) is 0 Å². The first-order valence-corrected chi connectivity index (χ1v) is 6.05. The lowest BCUT2D eigenvalue weighted by Gasteiger charge is -1.95. The maximum Gasteiger partial charge on any atom is 0.0619 e. The zero-order valence-corrected chi connectivity index (χ0v) is 10.0. The van der Waals surface area contributed by atoms with Crippen LogP contribution in [0.25, 0.3) is 27.2 Å². The van der Waals surface area contributed by atoms with E-state index in [0.717, 1.165) is 0 Å². The van der Waals surface area contributed by atoms with Gasteiger partial charge in [0.25, 0.3) is 0 Å². The van der Waals surface area contributed by atoms with Crippen molar-refractivity contribution in [2.24, 2.45) is 0 Å². The van der Waals surface area contributed by atoms with Gasteiger partial charge in [-0.15, -0.1) is 0 Å². The molecule has 0 aliphatic rings. The van der Waals surface area contributed by atoms with Crippen molar-refractivity contribution >= 4 is 43.1 Å². The molecule has 0 saturated carbocycles. The van der Waals surface area contributed by atoms with Crippen LogP contribution in [0.5, 0.6) is 0 Å². The molecule has 0 atom stereocenters. The molecule has 76 valence electrons. The number of hydrogen-bond donors (Lipinski definition) is 0. The molecule has 2 heterocycles. The van der Waals surface area contributed by atoms with Gasteiger partial charge in [-0.1, -0.05) is 40.2 Å². The highest BCUT2D eigenvalue weighted by Crippen LogP contribution is 2.37. The molecular formula is C14H8BrN. The number of benzene rings is 2. The summed E-state index contributed by atoms with van der Waals surface area (Å²) >= 11 is 3.65. The van der Waals surface area contributed by atoms with E-state index in [1.54, 1.807) is 0 Å². The first-order valence-electron chi connectivity index (χ1n) is 5.25. The van der Waals surface area contributed by atoms with Crippen LogP contribution >= 0.6 is 15.9 Å². The molecule has 0 amide bonds. The van der Waals surface area contributed by atoms with Gasteiger partial charge >= 0.3 is 0 Å². The van der Waals surface area contributed by atoms with Gasteiger partial charge in [0, 0.05) is 26.8 Å². The normalized spacial score (nSPS) is 12.1. The summed E-state index contributed by atoms with van der Waals surface area (Å²) in [7, 11) is 0. The van der Waals surface area contributed by atoms with Crippen molar-refractivity contribution in [3.63, 3.8) is 0 Å². The van der Waals surface area contributed by atoms with Crippen LogP contribution in [0, 0.1) is 0 Å². The number of para-hydroxylation sites is 1. The topological polar surface area (TPSA) is 4.41 Å². The molecule has 1 nitrogen and oxygen atoms in total. The van der Waals surface area contributed by atoms with E-state index in [1.807, 2.05) is 0 Å². The summed E-state index contributed by atoms with van der Waals surface area (Å²) in [6.07, 6.45) is 2.15. The van der Waals surface area contributed by atoms with Crippen LogP contribution in [0.1, 0.15) is 0 Å². The van der Waals surface area contributed by atoms with Crippen LogP contribution in [0.4, 0.5) is 0 Å². The highest BCUT2D eigenvalue weighted by molar-refractivity contribution is 9.10. The second-order valence-electron chi connectivity index (χ2n) is 4.06. The minimum Gasteiger partial charge on any atom is -0.315 e. The second-order valence-corrected chi connectivity index (χ2v) is 4.92. The lowest BCUT2D eigenvalue weighted by molar-refractivity contribution is 1.30. The predicted molar refractivity (Wildman–Crippen MR) is 71.3 cm³/mol. The molecule has 0 aliphatic carbocycles. The van der Waals surface area contributed by atoms with Gasteiger partial charge in [-0.05, 0) is 18.2 Å². The fraction of sp³-hybridized carbons (Fsp3) is 0. The summed E-state index contributed by atoms with van der Waals surface area (Å²) in [4.78, 5) is 0. The molecule has 16 heavy (non-hydrogen) atoms. The number of fused-ring (bicyclic) bond motifs is 3. The molecule has 0 unspecified atom stereocenters. The fourth-order valence-corrected chi connectivity index (χ4v) is 3.09. The minimum atomic E-state index is 1.17. The molecule has 0 saturated heterocycles. The van der Waals surface area contributed by atoms with Crippen LogP contribution in [0.2, 0.25) is 0 Å². The summed E-state index contributed by atoms with van der Waals surface area (Å²) < 4.78 is 3.44. The van der Waals surface area contributed by atoms with Gasteiger partial charge in [0.05, 0.1) is 11.0 Å². The van der Waals surface area contributed by atoms with Crippen LogP contribution in [-0.4, -0.2) is 4.40 Å². The minimum absolute atomic E-state index is 1.17. The SMILES string of the molecule is Brc1ccc2ccn3c4ccccc4c1c23. The Balaban J connectivity index is 2.52. The molecule has 0 aliphatic heterocycles. The average molecular weight is 270 g/mol. The van der Waals surface area contributed by atoms with E-state index in [4.69, 9.17) is 0 Å². The third-order valence-electron chi connectivity index (χ3n) is 3.24. The molecule has 2 aromatic carbocycles. The Bertz CT molecular complexity index is 813. The van der Waals surface area contributed by atoms with Crippen molar-refractivity contribution in [3.8, 4) is 0 Å². The highest BCUT2D eigenvalue weighted by Gasteiger charge is 2.13. The summed E-state index contributed by atoms with van der Waals surface area (Å²) in [5, 5.41) is 3.93. The van der Waals surface area contributed by atoms with E-state index in [0.29, 0.717) is 0 Å². The number of hydrogen-bond acceptors (Lipinski definition) is 0. The Morgan fingerprint density at radius 3 is 2.75 bits per heavy atom. The number of aromatic nitrogens is 1. The Labute approximate surface area is 101 Å². The van der Waals surface area contributed by atoms with Gasteiger partial charge in [0.1, 0.15) is 0 Å². The molecule has 0 N–H and O–H groups in total. The Morgan fingerprint density at radius 2 is 1.81 bits per heavy atom. The fourth-order valence-electron chi connectivity index (χ4n) is 2.56. The second kappa shape index (κ2) is 2.77. The van der Waals surface area contributed by atoms with Gasteiger partial charge in [-0.25, -0.2) is 0 Å². The summed E-state index contributed by atoms with van der Waals surface area (Å²) in [5.74, 6) is 0. The molecule has 2 aromatic heterocycles. The quantitative estimate of drug-likeness (QED) is 0.444. The summed E-state index contributed by atoms with van der Waals surface area (Å²) in [6, 6.07) is 15.0. The maximum atomic E-state index is 3.65. The van der Waals surface area contributed by atoms with Crippen LogP contribution in [-0.2, 0) is 0 Å². The standard InChI is InChI=1S/C14H8BrN/c15-11-6-5-9-7-8-16-12-4-2-1-3-10(12)13(11)14(9)16/h1-8H. The largest absolute Gasteiger partial charge is 0.315 e. The molecule has 0 bridgehead atoms. The number of nitrogens with zero attached hydrogens (tertiary/aromatic N) is 1. The van der Waals surface area contributed by atoms with Crippen molar-refractivity contribution in [1.82, 2.24) is 4.40 Å². The predicted octanol–water partition coefficient (Wildman–Crippen LogP) is 4.45. The highest BCUT2D eigenvalue weighted by atomic mass is 79.9. The van der Waals surface area contributed by atoms with Gasteiger partial charge in [-0.2, -0.15) is 0 Å². The number of rotatable bonds is 0. The lowest BCUT2D eigenvalue weighted by Crippen LogP contribution is -1.74. The lowest BCUT2D eigenvalue weighted by atomic mass is 10.1. The van der Waals surface area contributed by atoms with E-state index in [-0.39, 0.29) is 0 Å². The van der Waals surface area contributed by atoms with E-state index >= 15 is 0 Å². The third-order valence-corrected chi connectivity index (χ3v) is 3.90. The first-order chi connectivity index (χ1) is 7.86. The third kappa shape index (κ3) is 0.866. The monoisotopic (exact) mass is 269 g/mol. The Kier molecular flexibility index (Phi) is 1.49. The molecule has 0 fully saturated rings. The number of halogens is 1. The van der Waals surface area contributed by atoms with Gasteiger partial charge in [0.2, 0.25) is 0 Å². The first kappa shape index (κ1) is 8.59. The van der Waals surface area contributed by atoms with E-state index in [1.165, 1.54) is 31.7 Å². The van der Waals surface area contributed by atoms with Crippen LogP contribution in [0.3, 0.4) is 0 Å². The van der Waals surface area contributed by atoms with Gasteiger partial charge in [-0.3, -0.25) is 0 Å². The van der Waals surface area contributed by atoms with Crippen molar-refractivity contribution in [2.75, 3.05) is 0 Å². The summed E-state index contributed by atoms with van der Waals surface area (Å²) in [6.45, 7) is 0. The zero-order chi connectivity index (χ0) is 10.7. The Morgan fingerprint density at radius 1 is 0.938 bits per heavy atom. The maximum absolute atomic E-state index is 3.65. The van der Waals surface area contributed by atoms with Gasteiger partial charge in [0.15, 0.2) is 0 Å². The summed E-state index contributed by atoms with van der Waals surface area (Å²) in [5.41, 5.74) is 2.59. The average Bonchev–Trinajstić information content (AvgIpc) is 2.85. The van der Waals surface area contributed by atoms with Crippen molar-refractivity contribution in [2.45, 2.75) is 0 Å². The van der Waals surface area contributed by atoms with E-state index in [2.05, 4.69) is 69.0 Å². The van der Waals surface area contributed by atoms with Crippen LogP contribution in [0.15, 0.2) is 53.1 Å². The molecule has 0 radical (unpaired) electrons. The molecular weight excluding hydrogens is 262 g/mol. The van der Waals surface area contributed by atoms with Crippen molar-refractivity contribution in [3.05, 3.63) is 53.1 Å². The van der Waals surface area contributed by atoms with E-state index < -0.39 is 0 Å². The zero-order valence-electron chi connectivity index (χ0n) is 8.44. The van der Waals surface area contributed by atoms with Crippen LogP contribution < -0.4 is 0 Å². The van der Waals surface area contributed by atoms with Crippen molar-refractivity contribution in [1.29, 1.82) is 0 Å².